The maximum absolute atomic E-state index is 5.85. The van der Waals surface area contributed by atoms with Crippen LogP contribution in [-0.4, -0.2) is 10.8 Å². The number of hydrogen-bond donors (Lipinski definition) is 2. The van der Waals surface area contributed by atoms with E-state index in [0.717, 1.165) is 5.56 Å². The predicted octanol–water partition coefficient (Wildman–Crippen LogP) is 1.70. The van der Waals surface area contributed by atoms with Crippen molar-refractivity contribution in [1.82, 2.24) is 4.98 Å². The topological polar surface area (TPSA) is 77.3 Å². The molecule has 0 fully saturated rings. The van der Waals surface area contributed by atoms with Gasteiger partial charge in [0.25, 0.3) is 0 Å². The first-order valence-electron chi connectivity index (χ1n) is 4.87. The van der Waals surface area contributed by atoms with Crippen molar-refractivity contribution in [2.24, 2.45) is 10.7 Å². The standard InChI is InChI=1S/C12H12N4/c13-10-5-3-4-9(8-10)12(14)16-11-6-1-2-7-15-11/h1-8H,13H2,(H2,14,15,16). The quantitative estimate of drug-likeness (QED) is 0.452. The summed E-state index contributed by atoms with van der Waals surface area (Å²) >= 11 is 0. The van der Waals surface area contributed by atoms with Crippen molar-refractivity contribution in [3.05, 3.63) is 54.2 Å². The van der Waals surface area contributed by atoms with Gasteiger partial charge in [-0.1, -0.05) is 18.2 Å². The fourth-order valence-electron chi connectivity index (χ4n) is 1.31. The van der Waals surface area contributed by atoms with Gasteiger partial charge in [0, 0.05) is 17.4 Å². The van der Waals surface area contributed by atoms with Gasteiger partial charge in [0.1, 0.15) is 5.84 Å². The van der Waals surface area contributed by atoms with E-state index < -0.39 is 0 Å². The van der Waals surface area contributed by atoms with Crippen molar-refractivity contribution >= 4 is 17.3 Å². The highest BCUT2D eigenvalue weighted by Gasteiger charge is 1.99. The summed E-state index contributed by atoms with van der Waals surface area (Å²) < 4.78 is 0. The Morgan fingerprint density at radius 2 is 2.00 bits per heavy atom. The van der Waals surface area contributed by atoms with Crippen molar-refractivity contribution in [1.29, 1.82) is 0 Å². The number of nitrogens with two attached hydrogens (primary N) is 2. The number of rotatable bonds is 2. The highest BCUT2D eigenvalue weighted by molar-refractivity contribution is 5.99. The largest absolute Gasteiger partial charge is 0.399 e. The summed E-state index contributed by atoms with van der Waals surface area (Å²) in [6.07, 6.45) is 1.67. The van der Waals surface area contributed by atoms with Crippen LogP contribution in [0, 0.1) is 0 Å². The molecule has 0 spiro atoms. The van der Waals surface area contributed by atoms with Crippen LogP contribution in [0.1, 0.15) is 5.56 Å². The molecule has 0 saturated carbocycles. The lowest BCUT2D eigenvalue weighted by molar-refractivity contribution is 1.26. The van der Waals surface area contributed by atoms with Gasteiger partial charge in [-0.25, -0.2) is 9.98 Å². The lowest BCUT2D eigenvalue weighted by atomic mass is 10.2. The molecule has 4 heteroatoms. The third kappa shape index (κ3) is 2.36. The van der Waals surface area contributed by atoms with Crippen LogP contribution in [-0.2, 0) is 0 Å². The Kier molecular flexibility index (Phi) is 2.82. The molecule has 0 aliphatic rings. The van der Waals surface area contributed by atoms with E-state index in [1.54, 1.807) is 24.4 Å². The SMILES string of the molecule is N/C(=N\c1ccccn1)c1cccc(N)c1. The van der Waals surface area contributed by atoms with Crippen LogP contribution in [0.25, 0.3) is 0 Å². The van der Waals surface area contributed by atoms with Gasteiger partial charge in [-0.05, 0) is 24.3 Å². The average Bonchev–Trinajstić information content (AvgIpc) is 2.30. The van der Waals surface area contributed by atoms with Crippen LogP contribution >= 0.6 is 0 Å². The molecule has 2 aromatic rings. The van der Waals surface area contributed by atoms with E-state index in [1.807, 2.05) is 24.3 Å². The second-order valence-corrected chi connectivity index (χ2v) is 3.31. The minimum absolute atomic E-state index is 0.408. The maximum atomic E-state index is 5.85. The Morgan fingerprint density at radius 1 is 1.12 bits per heavy atom. The van der Waals surface area contributed by atoms with E-state index in [4.69, 9.17) is 11.5 Å². The van der Waals surface area contributed by atoms with Gasteiger partial charge in [0.15, 0.2) is 5.82 Å². The molecule has 1 aromatic heterocycles. The second-order valence-electron chi connectivity index (χ2n) is 3.31. The van der Waals surface area contributed by atoms with Gasteiger partial charge in [0.2, 0.25) is 0 Å². The fraction of sp³-hybridized carbons (Fsp3) is 0. The van der Waals surface area contributed by atoms with Crippen LogP contribution < -0.4 is 11.5 Å². The molecule has 0 atom stereocenters. The average molecular weight is 212 g/mol. The zero-order valence-corrected chi connectivity index (χ0v) is 8.67. The normalized spacial score (nSPS) is 11.4. The zero-order chi connectivity index (χ0) is 11.4. The lowest BCUT2D eigenvalue weighted by Crippen LogP contribution is -2.13. The van der Waals surface area contributed by atoms with Gasteiger partial charge in [-0.3, -0.25) is 0 Å². The molecule has 1 aromatic carbocycles. The molecule has 80 valence electrons. The van der Waals surface area contributed by atoms with Gasteiger partial charge < -0.3 is 11.5 Å². The van der Waals surface area contributed by atoms with Gasteiger partial charge >= 0.3 is 0 Å². The monoisotopic (exact) mass is 212 g/mol. The minimum Gasteiger partial charge on any atom is -0.399 e. The number of nitrogen functional groups attached to an aromatic ring is 1. The molecule has 0 amide bonds. The van der Waals surface area contributed by atoms with E-state index in [9.17, 15) is 0 Å². The van der Waals surface area contributed by atoms with Crippen molar-refractivity contribution < 1.29 is 0 Å². The summed E-state index contributed by atoms with van der Waals surface area (Å²) in [6.45, 7) is 0. The summed E-state index contributed by atoms with van der Waals surface area (Å²) in [6, 6.07) is 12.8. The predicted molar refractivity (Wildman–Crippen MR) is 65.5 cm³/mol. The van der Waals surface area contributed by atoms with E-state index in [1.165, 1.54) is 0 Å². The van der Waals surface area contributed by atoms with Gasteiger partial charge in [0.05, 0.1) is 0 Å². The highest BCUT2D eigenvalue weighted by atomic mass is 14.9. The van der Waals surface area contributed by atoms with E-state index >= 15 is 0 Å². The molecule has 2 rings (SSSR count). The molecule has 1 heterocycles. The molecule has 0 aliphatic carbocycles. The van der Waals surface area contributed by atoms with Crippen LogP contribution in [0.15, 0.2) is 53.7 Å². The molecule has 0 bridgehead atoms. The molecule has 0 aliphatic heterocycles. The molecule has 16 heavy (non-hydrogen) atoms. The number of pyridine rings is 1. The van der Waals surface area contributed by atoms with Crippen LogP contribution in [0.5, 0.6) is 0 Å². The van der Waals surface area contributed by atoms with Gasteiger partial charge in [-0.15, -0.1) is 0 Å². The molecular formula is C12H12N4. The minimum atomic E-state index is 0.408. The first kappa shape index (κ1) is 10.2. The van der Waals surface area contributed by atoms with Gasteiger partial charge in [-0.2, -0.15) is 0 Å². The second kappa shape index (κ2) is 4.44. The number of nitrogens with zero attached hydrogens (tertiary/aromatic N) is 2. The van der Waals surface area contributed by atoms with Crippen LogP contribution in [0.4, 0.5) is 11.5 Å². The smallest absolute Gasteiger partial charge is 0.154 e. The first-order chi connectivity index (χ1) is 7.75. The lowest BCUT2D eigenvalue weighted by Gasteiger charge is -2.01. The third-order valence-electron chi connectivity index (χ3n) is 2.07. The summed E-state index contributed by atoms with van der Waals surface area (Å²) in [5.41, 5.74) is 13.0. The van der Waals surface area contributed by atoms with E-state index in [2.05, 4.69) is 9.98 Å². The fourth-order valence-corrected chi connectivity index (χ4v) is 1.31. The van der Waals surface area contributed by atoms with Crippen LogP contribution in [0.3, 0.4) is 0 Å². The van der Waals surface area contributed by atoms with Crippen molar-refractivity contribution in [2.75, 3.05) is 5.73 Å². The molecular weight excluding hydrogens is 200 g/mol. The Bertz CT molecular complexity index is 505. The summed E-state index contributed by atoms with van der Waals surface area (Å²) in [5.74, 6) is 0.994. The zero-order valence-electron chi connectivity index (χ0n) is 8.67. The Balaban J connectivity index is 2.32. The maximum Gasteiger partial charge on any atom is 0.154 e. The Hall–Kier alpha value is -2.36. The number of amidine groups is 1. The number of aromatic nitrogens is 1. The van der Waals surface area contributed by atoms with E-state index in [-0.39, 0.29) is 0 Å². The molecule has 4 nitrogen and oxygen atoms in total. The first-order valence-corrected chi connectivity index (χ1v) is 4.87. The van der Waals surface area contributed by atoms with Crippen molar-refractivity contribution in [3.63, 3.8) is 0 Å². The third-order valence-corrected chi connectivity index (χ3v) is 2.07. The number of benzene rings is 1. The number of anilines is 1. The highest BCUT2D eigenvalue weighted by Crippen LogP contribution is 2.10. The molecule has 4 N–H and O–H groups in total. The molecule has 0 saturated heterocycles. The van der Waals surface area contributed by atoms with Crippen LogP contribution in [0.2, 0.25) is 0 Å². The van der Waals surface area contributed by atoms with Crippen molar-refractivity contribution in [2.45, 2.75) is 0 Å². The molecule has 0 unspecified atom stereocenters. The summed E-state index contributed by atoms with van der Waals surface area (Å²) in [5, 5.41) is 0. The number of aliphatic imine (C=N–C) groups is 1. The Morgan fingerprint density at radius 3 is 2.69 bits per heavy atom. The summed E-state index contributed by atoms with van der Waals surface area (Å²) in [4.78, 5) is 8.27. The number of hydrogen-bond acceptors (Lipinski definition) is 3. The van der Waals surface area contributed by atoms with Crippen molar-refractivity contribution in [3.8, 4) is 0 Å². The van der Waals surface area contributed by atoms with E-state index in [0.29, 0.717) is 17.3 Å². The molecule has 0 radical (unpaired) electrons. The summed E-state index contributed by atoms with van der Waals surface area (Å²) in [7, 11) is 0. The Labute approximate surface area is 93.6 Å².